The van der Waals surface area contributed by atoms with E-state index in [0.29, 0.717) is 0 Å². The maximum atomic E-state index is 11.6. The summed E-state index contributed by atoms with van der Waals surface area (Å²) in [6.45, 7) is 28.4. The van der Waals surface area contributed by atoms with Crippen LogP contribution in [-0.4, -0.2) is 53.6 Å². The Hall–Kier alpha value is -1.26. The molecule has 0 aromatic heterocycles. The van der Waals surface area contributed by atoms with Gasteiger partial charge in [-0.3, -0.25) is 4.79 Å². The zero-order valence-corrected chi connectivity index (χ0v) is 26.0. The Balaban J connectivity index is -0.000000423. The van der Waals surface area contributed by atoms with Gasteiger partial charge in [-0.05, 0) is 58.3 Å². The van der Waals surface area contributed by atoms with Crippen molar-refractivity contribution in [1.29, 1.82) is 0 Å². The van der Waals surface area contributed by atoms with E-state index in [2.05, 4.69) is 55.4 Å². The van der Waals surface area contributed by atoms with Crippen molar-refractivity contribution in [2.45, 2.75) is 146 Å². The van der Waals surface area contributed by atoms with E-state index in [-0.39, 0.29) is 17.6 Å². The number of hydrogen-bond acceptors (Lipinski definition) is 3. The third-order valence-corrected chi connectivity index (χ3v) is 5.66. The molecule has 0 aromatic carbocycles. The van der Waals surface area contributed by atoms with Gasteiger partial charge in [0.05, 0.1) is 0 Å². The maximum absolute atomic E-state index is 11.6. The van der Waals surface area contributed by atoms with E-state index < -0.39 is 0 Å². The average molecular weight is 501 g/mol. The van der Waals surface area contributed by atoms with Crippen molar-refractivity contribution < 1.29 is 14.3 Å². The van der Waals surface area contributed by atoms with E-state index >= 15 is 0 Å². The lowest BCUT2D eigenvalue weighted by molar-refractivity contribution is -0.130. The second-order valence-corrected chi connectivity index (χ2v) is 11.0. The minimum absolute atomic E-state index is 0.163. The van der Waals surface area contributed by atoms with Crippen LogP contribution < -0.4 is 0 Å². The van der Waals surface area contributed by atoms with Crippen LogP contribution in [0.4, 0.5) is 4.79 Å². The Morgan fingerprint density at radius 1 is 0.686 bits per heavy atom. The fourth-order valence-electron chi connectivity index (χ4n) is 2.84. The number of carbonyl (C=O) groups excluding carboxylic acids is 2. The number of hydrogen-bond donors (Lipinski definition) is 0. The quantitative estimate of drug-likeness (QED) is 0.380. The Bertz CT molecular complexity index is 464. The predicted molar refractivity (Wildman–Crippen MR) is 154 cm³/mol. The van der Waals surface area contributed by atoms with Gasteiger partial charge in [0, 0.05) is 33.1 Å². The lowest BCUT2D eigenvalue weighted by Gasteiger charge is -2.32. The van der Waals surface area contributed by atoms with Crippen LogP contribution in [0.5, 0.6) is 0 Å². The molecule has 5 nitrogen and oxygen atoms in total. The molecule has 2 aliphatic heterocycles. The van der Waals surface area contributed by atoms with Crippen molar-refractivity contribution in [1.82, 2.24) is 9.80 Å². The normalized spacial score (nSPS) is 16.1. The summed E-state index contributed by atoms with van der Waals surface area (Å²) in [7, 11) is 0. The summed E-state index contributed by atoms with van der Waals surface area (Å²) in [5.41, 5.74) is -0.375. The summed E-state index contributed by atoms with van der Waals surface area (Å²) in [5, 5.41) is 0. The van der Waals surface area contributed by atoms with Gasteiger partial charge >= 0.3 is 6.09 Å². The molecular weight excluding hydrogens is 436 g/mol. The first-order chi connectivity index (χ1) is 16.3. The highest BCUT2D eigenvalue weighted by atomic mass is 16.6. The molecule has 2 saturated heterocycles. The van der Waals surface area contributed by atoms with E-state index in [1.54, 1.807) is 6.92 Å². The molecule has 2 fully saturated rings. The third-order valence-electron chi connectivity index (χ3n) is 5.66. The fourth-order valence-corrected chi connectivity index (χ4v) is 2.84. The molecule has 212 valence electrons. The molecular formula is C30H64N2O3. The van der Waals surface area contributed by atoms with Crippen molar-refractivity contribution in [2.24, 2.45) is 11.8 Å². The first kappa shape index (κ1) is 38.3. The van der Waals surface area contributed by atoms with E-state index in [1.165, 1.54) is 44.9 Å². The highest BCUT2D eigenvalue weighted by molar-refractivity contribution is 5.73. The Morgan fingerprint density at radius 2 is 0.971 bits per heavy atom. The number of ether oxygens (including phenoxy) is 1. The zero-order chi connectivity index (χ0) is 27.9. The minimum Gasteiger partial charge on any atom is -0.444 e. The van der Waals surface area contributed by atoms with Crippen LogP contribution in [0.1, 0.15) is 141 Å². The number of unbranched alkanes of at least 4 members (excludes halogenated alkanes) is 2. The Labute approximate surface area is 220 Å². The van der Waals surface area contributed by atoms with Crippen LogP contribution in [0.2, 0.25) is 0 Å². The summed E-state index contributed by atoms with van der Waals surface area (Å²) in [4.78, 5) is 26.2. The van der Waals surface area contributed by atoms with Gasteiger partial charge in [-0.2, -0.15) is 0 Å². The molecule has 0 aliphatic carbocycles. The molecule has 0 bridgehead atoms. The Kier molecular flexibility index (Phi) is 26.7. The smallest absolute Gasteiger partial charge is 0.410 e. The molecule has 0 atom stereocenters. The van der Waals surface area contributed by atoms with Gasteiger partial charge in [-0.1, -0.05) is 87.5 Å². The van der Waals surface area contributed by atoms with Gasteiger partial charge in [0.25, 0.3) is 0 Å². The first-order valence-electron chi connectivity index (χ1n) is 14.6. The van der Waals surface area contributed by atoms with Crippen LogP contribution in [0.3, 0.4) is 0 Å². The number of amides is 2. The molecule has 0 N–H and O–H groups in total. The summed E-state index contributed by atoms with van der Waals surface area (Å²) in [6, 6.07) is 0. The molecule has 5 heteroatoms. The summed E-state index contributed by atoms with van der Waals surface area (Å²) >= 11 is 0. The van der Waals surface area contributed by atoms with Crippen molar-refractivity contribution >= 4 is 12.0 Å². The number of likely N-dealkylation sites (tertiary alicyclic amines) is 2. The van der Waals surface area contributed by atoms with Gasteiger partial charge in [0.1, 0.15) is 5.60 Å². The molecule has 2 amide bonds. The van der Waals surface area contributed by atoms with Gasteiger partial charge in [-0.15, -0.1) is 0 Å². The summed E-state index contributed by atoms with van der Waals surface area (Å²) < 4.78 is 5.30. The van der Waals surface area contributed by atoms with Gasteiger partial charge < -0.3 is 14.5 Å². The molecule has 0 unspecified atom stereocenters. The molecule has 0 radical (unpaired) electrons. The predicted octanol–water partition coefficient (Wildman–Crippen LogP) is 8.95. The molecule has 35 heavy (non-hydrogen) atoms. The lowest BCUT2D eigenvalue weighted by Crippen LogP contribution is -2.41. The summed E-state index contributed by atoms with van der Waals surface area (Å²) in [6.07, 6.45) is 10.9. The highest BCUT2D eigenvalue weighted by Crippen LogP contribution is 2.18. The van der Waals surface area contributed by atoms with Gasteiger partial charge in [0.15, 0.2) is 0 Å². The number of piperidine rings is 2. The van der Waals surface area contributed by atoms with Crippen molar-refractivity contribution in [3.05, 3.63) is 0 Å². The molecule has 2 rings (SSSR count). The van der Waals surface area contributed by atoms with E-state index in [9.17, 15) is 9.59 Å². The van der Waals surface area contributed by atoms with Crippen molar-refractivity contribution in [2.75, 3.05) is 26.2 Å². The van der Waals surface area contributed by atoms with E-state index in [4.69, 9.17) is 4.74 Å². The van der Waals surface area contributed by atoms with Crippen LogP contribution in [0.25, 0.3) is 0 Å². The van der Waals surface area contributed by atoms with Gasteiger partial charge in [-0.25, -0.2) is 4.79 Å². The SMILES string of the molecule is CC(=O)N1CCC(C)CC1.CC1CCN(C(=O)OC(C)(C)C)CC1.CCC.CCCC.CCCC. The maximum Gasteiger partial charge on any atom is 0.410 e. The fraction of sp³-hybridized carbons (Fsp3) is 0.933. The van der Waals surface area contributed by atoms with Crippen molar-refractivity contribution in [3.8, 4) is 0 Å². The topological polar surface area (TPSA) is 49.9 Å². The molecule has 0 saturated carbocycles. The first-order valence-corrected chi connectivity index (χ1v) is 14.6. The summed E-state index contributed by atoms with van der Waals surface area (Å²) in [5.74, 6) is 1.79. The number of rotatable bonds is 2. The minimum atomic E-state index is -0.375. The Morgan fingerprint density at radius 3 is 1.20 bits per heavy atom. The van der Waals surface area contributed by atoms with Crippen LogP contribution in [-0.2, 0) is 9.53 Å². The molecule has 0 aromatic rings. The largest absolute Gasteiger partial charge is 0.444 e. The number of carbonyl (C=O) groups is 2. The van der Waals surface area contributed by atoms with Crippen LogP contribution >= 0.6 is 0 Å². The number of nitrogens with zero attached hydrogens (tertiary/aromatic N) is 2. The monoisotopic (exact) mass is 500 g/mol. The molecule has 2 heterocycles. The average Bonchev–Trinajstić information content (AvgIpc) is 2.80. The molecule has 0 spiro atoms. The van der Waals surface area contributed by atoms with Crippen LogP contribution in [0.15, 0.2) is 0 Å². The van der Waals surface area contributed by atoms with E-state index in [0.717, 1.165) is 50.9 Å². The second-order valence-electron chi connectivity index (χ2n) is 11.0. The van der Waals surface area contributed by atoms with Gasteiger partial charge in [0.2, 0.25) is 5.91 Å². The second kappa shape index (κ2) is 24.4. The highest BCUT2D eigenvalue weighted by Gasteiger charge is 2.25. The van der Waals surface area contributed by atoms with Crippen molar-refractivity contribution in [3.63, 3.8) is 0 Å². The third kappa shape index (κ3) is 27.2. The van der Waals surface area contributed by atoms with E-state index in [1.807, 2.05) is 30.6 Å². The molecule has 2 aliphatic rings. The lowest BCUT2D eigenvalue weighted by atomic mass is 9.99. The zero-order valence-electron chi connectivity index (χ0n) is 26.0. The van der Waals surface area contributed by atoms with Crippen LogP contribution in [0, 0.1) is 11.8 Å². The standard InChI is InChI=1S/C11H21NO2.C8H15NO.2C4H10.C3H8/c1-9-5-7-12(8-6-9)10(13)14-11(2,3)4;1-7-3-5-9(6-4-7)8(2)10;2*1-3-4-2;1-3-2/h9H,5-8H2,1-4H3;7H,3-6H2,1-2H3;2*3-4H2,1-2H3;3H2,1-2H3.